The van der Waals surface area contributed by atoms with Crippen molar-refractivity contribution in [3.63, 3.8) is 0 Å². The molecule has 1 aromatic heterocycles. The molecule has 0 N–H and O–H groups in total. The molecule has 1 aliphatic heterocycles. The fourth-order valence-corrected chi connectivity index (χ4v) is 4.89. The normalized spacial score (nSPS) is 15.9. The number of oxazole rings is 1. The zero-order valence-electron chi connectivity index (χ0n) is 16.0. The fraction of sp³-hybridized carbons (Fsp3) is 0.350. The number of sulfone groups is 1. The fourth-order valence-electron chi connectivity index (χ4n) is 3.56. The van der Waals surface area contributed by atoms with Crippen LogP contribution in [-0.4, -0.2) is 49.8 Å². The van der Waals surface area contributed by atoms with Crippen molar-refractivity contribution < 1.29 is 12.8 Å². The van der Waals surface area contributed by atoms with E-state index in [0.29, 0.717) is 27.5 Å². The molecular formula is C20H22ClN3O3S2. The molecule has 6 nitrogen and oxygen atoms in total. The summed E-state index contributed by atoms with van der Waals surface area (Å²) in [6.45, 7) is 5.66. The Hall–Kier alpha value is -1.87. The number of rotatable bonds is 5. The van der Waals surface area contributed by atoms with E-state index in [2.05, 4.69) is 15.9 Å². The first-order valence-corrected chi connectivity index (χ1v) is 11.9. The molecule has 154 valence electrons. The van der Waals surface area contributed by atoms with E-state index in [4.69, 9.17) is 28.2 Å². The van der Waals surface area contributed by atoms with Crippen LogP contribution in [0.5, 0.6) is 0 Å². The molecule has 0 saturated carbocycles. The number of fused-ring (bicyclic) bond motifs is 1. The van der Waals surface area contributed by atoms with Crippen molar-refractivity contribution >= 4 is 50.4 Å². The lowest BCUT2D eigenvalue weighted by Gasteiger charge is -2.36. The molecule has 1 fully saturated rings. The molecule has 3 aromatic rings. The van der Waals surface area contributed by atoms with Gasteiger partial charge in [0.1, 0.15) is 0 Å². The SMILES string of the molecule is CCS(=O)(=O)c1ccc2oc(=S)n(CN3CCN(c4cccc(Cl)c4)CC3)c2c1. The van der Waals surface area contributed by atoms with Crippen LogP contribution < -0.4 is 4.90 Å². The minimum absolute atomic E-state index is 0.0581. The number of anilines is 1. The highest BCUT2D eigenvalue weighted by Gasteiger charge is 2.20. The molecular weight excluding hydrogens is 430 g/mol. The van der Waals surface area contributed by atoms with E-state index in [1.807, 2.05) is 22.8 Å². The van der Waals surface area contributed by atoms with Gasteiger partial charge in [-0.2, -0.15) is 0 Å². The first-order valence-electron chi connectivity index (χ1n) is 9.46. The molecule has 0 spiro atoms. The highest BCUT2D eigenvalue weighted by molar-refractivity contribution is 7.91. The van der Waals surface area contributed by atoms with E-state index in [-0.39, 0.29) is 5.75 Å². The number of hydrogen-bond donors (Lipinski definition) is 0. The Morgan fingerprint density at radius 2 is 1.86 bits per heavy atom. The number of benzene rings is 2. The van der Waals surface area contributed by atoms with Crippen molar-refractivity contribution in [2.45, 2.75) is 18.5 Å². The molecule has 2 heterocycles. The lowest BCUT2D eigenvalue weighted by Crippen LogP contribution is -2.46. The monoisotopic (exact) mass is 451 g/mol. The molecule has 0 amide bonds. The summed E-state index contributed by atoms with van der Waals surface area (Å²) in [7, 11) is -3.29. The summed E-state index contributed by atoms with van der Waals surface area (Å²) in [5.41, 5.74) is 2.43. The Labute approximate surface area is 180 Å². The summed E-state index contributed by atoms with van der Waals surface area (Å²) in [5, 5.41) is 0.735. The number of nitrogens with zero attached hydrogens (tertiary/aromatic N) is 3. The van der Waals surface area contributed by atoms with Gasteiger partial charge in [0.05, 0.1) is 22.8 Å². The third-order valence-corrected chi connectivity index (χ3v) is 7.54. The summed E-state index contributed by atoms with van der Waals surface area (Å²) in [4.78, 5) is 5.24. The van der Waals surface area contributed by atoms with Gasteiger partial charge in [-0.15, -0.1) is 0 Å². The van der Waals surface area contributed by atoms with Crippen molar-refractivity contribution in [3.05, 3.63) is 52.3 Å². The van der Waals surface area contributed by atoms with Crippen LogP contribution >= 0.6 is 23.8 Å². The van der Waals surface area contributed by atoms with Crippen molar-refractivity contribution in [2.75, 3.05) is 36.8 Å². The maximum atomic E-state index is 12.3. The van der Waals surface area contributed by atoms with Gasteiger partial charge in [-0.3, -0.25) is 9.47 Å². The van der Waals surface area contributed by atoms with E-state index >= 15 is 0 Å². The van der Waals surface area contributed by atoms with Gasteiger partial charge in [0.15, 0.2) is 15.4 Å². The molecule has 0 radical (unpaired) electrons. The van der Waals surface area contributed by atoms with Gasteiger partial charge in [0.2, 0.25) is 0 Å². The van der Waals surface area contributed by atoms with Gasteiger partial charge in [-0.25, -0.2) is 8.42 Å². The second kappa shape index (κ2) is 8.10. The van der Waals surface area contributed by atoms with Crippen LogP contribution in [0.4, 0.5) is 5.69 Å². The number of hydrogen-bond acceptors (Lipinski definition) is 6. The Bertz CT molecular complexity index is 1200. The average molecular weight is 452 g/mol. The van der Waals surface area contributed by atoms with Crippen LogP contribution in [0.1, 0.15) is 6.92 Å². The zero-order chi connectivity index (χ0) is 20.6. The standard InChI is InChI=1S/C20H22ClN3O3S2/c1-2-29(25,26)17-6-7-19-18(13-17)24(20(28)27-19)14-22-8-10-23(11-9-22)16-5-3-4-15(21)12-16/h3-7,12-13H,2,8-11,14H2,1H3. The van der Waals surface area contributed by atoms with Gasteiger partial charge in [0, 0.05) is 36.9 Å². The van der Waals surface area contributed by atoms with Crippen molar-refractivity contribution in [1.82, 2.24) is 9.47 Å². The van der Waals surface area contributed by atoms with E-state index in [1.54, 1.807) is 25.1 Å². The van der Waals surface area contributed by atoms with Crippen molar-refractivity contribution in [2.24, 2.45) is 0 Å². The van der Waals surface area contributed by atoms with Crippen LogP contribution in [0.2, 0.25) is 5.02 Å². The molecule has 4 rings (SSSR count). The molecule has 0 atom stereocenters. The van der Waals surface area contributed by atoms with Crippen molar-refractivity contribution in [3.8, 4) is 0 Å². The minimum atomic E-state index is -3.29. The van der Waals surface area contributed by atoms with E-state index in [9.17, 15) is 8.42 Å². The predicted octanol–water partition coefficient (Wildman–Crippen LogP) is 4.19. The third-order valence-electron chi connectivity index (χ3n) is 5.27. The Kier molecular flexibility index (Phi) is 5.70. The summed E-state index contributed by atoms with van der Waals surface area (Å²) in [5.74, 6) is 0.0581. The van der Waals surface area contributed by atoms with Crippen LogP contribution in [0.25, 0.3) is 11.1 Å². The number of halogens is 1. The molecule has 1 saturated heterocycles. The van der Waals surface area contributed by atoms with Crippen molar-refractivity contribution in [1.29, 1.82) is 0 Å². The summed E-state index contributed by atoms with van der Waals surface area (Å²) >= 11 is 11.5. The highest BCUT2D eigenvalue weighted by Crippen LogP contribution is 2.24. The largest absolute Gasteiger partial charge is 0.429 e. The molecule has 9 heteroatoms. The van der Waals surface area contributed by atoms with Gasteiger partial charge >= 0.3 is 0 Å². The maximum absolute atomic E-state index is 12.3. The molecule has 0 unspecified atom stereocenters. The second-order valence-corrected chi connectivity index (χ2v) is 10.1. The zero-order valence-corrected chi connectivity index (χ0v) is 18.4. The molecule has 1 aliphatic rings. The lowest BCUT2D eigenvalue weighted by atomic mass is 10.2. The van der Waals surface area contributed by atoms with Crippen LogP contribution in [-0.2, 0) is 16.5 Å². The Morgan fingerprint density at radius 3 is 2.55 bits per heavy atom. The quantitative estimate of drug-likeness (QED) is 0.542. The molecule has 0 bridgehead atoms. The third kappa shape index (κ3) is 4.21. The van der Waals surface area contributed by atoms with Gasteiger partial charge in [0.25, 0.3) is 4.84 Å². The molecule has 29 heavy (non-hydrogen) atoms. The lowest BCUT2D eigenvalue weighted by molar-refractivity contribution is 0.204. The van der Waals surface area contributed by atoms with Crippen LogP contribution in [0.15, 0.2) is 51.8 Å². The van der Waals surface area contributed by atoms with E-state index in [1.165, 1.54) is 0 Å². The number of piperazine rings is 1. The van der Waals surface area contributed by atoms with E-state index in [0.717, 1.165) is 36.9 Å². The van der Waals surface area contributed by atoms with Gasteiger partial charge in [-0.05, 0) is 48.6 Å². The highest BCUT2D eigenvalue weighted by atomic mass is 35.5. The van der Waals surface area contributed by atoms with Crippen LogP contribution in [0.3, 0.4) is 0 Å². The molecule has 2 aromatic carbocycles. The maximum Gasteiger partial charge on any atom is 0.270 e. The summed E-state index contributed by atoms with van der Waals surface area (Å²) < 4.78 is 32.1. The Balaban J connectivity index is 1.53. The predicted molar refractivity (Wildman–Crippen MR) is 118 cm³/mol. The molecule has 0 aliphatic carbocycles. The topological polar surface area (TPSA) is 58.7 Å². The number of aromatic nitrogens is 1. The summed E-state index contributed by atoms with van der Waals surface area (Å²) in [6, 6.07) is 12.8. The first kappa shape index (κ1) is 20.4. The minimum Gasteiger partial charge on any atom is -0.429 e. The smallest absolute Gasteiger partial charge is 0.270 e. The second-order valence-electron chi connectivity index (χ2n) is 7.06. The van der Waals surface area contributed by atoms with Gasteiger partial charge in [-0.1, -0.05) is 24.6 Å². The van der Waals surface area contributed by atoms with Crippen LogP contribution in [0, 0.1) is 4.84 Å². The first-order chi connectivity index (χ1) is 13.9. The summed E-state index contributed by atoms with van der Waals surface area (Å²) in [6.07, 6.45) is 0. The Morgan fingerprint density at radius 1 is 1.10 bits per heavy atom. The van der Waals surface area contributed by atoms with Gasteiger partial charge < -0.3 is 9.32 Å². The van der Waals surface area contributed by atoms with E-state index < -0.39 is 9.84 Å². The average Bonchev–Trinajstić information content (AvgIpc) is 3.03.